The fraction of sp³-hybridized carbons (Fsp3) is 0.476. The van der Waals surface area contributed by atoms with E-state index < -0.39 is 28.2 Å². The van der Waals surface area contributed by atoms with E-state index in [1.54, 1.807) is 12.5 Å². The fourth-order valence-corrected chi connectivity index (χ4v) is 5.49. The Kier molecular flexibility index (Phi) is 6.90. The highest BCUT2D eigenvalue weighted by Gasteiger charge is 2.27. The summed E-state index contributed by atoms with van der Waals surface area (Å²) in [4.78, 5) is 29.5. The number of imidazole rings is 1. The monoisotopic (exact) mass is 431 g/mol. The van der Waals surface area contributed by atoms with Crippen LogP contribution in [0.2, 0.25) is 39.3 Å². The van der Waals surface area contributed by atoms with E-state index >= 15 is 0 Å². The van der Waals surface area contributed by atoms with Crippen LogP contribution in [-0.2, 0) is 23.0 Å². The van der Waals surface area contributed by atoms with Gasteiger partial charge >= 0.3 is 5.97 Å². The highest BCUT2D eigenvalue weighted by molar-refractivity contribution is 6.91. The normalized spacial score (nSPS) is 13.1. The van der Waals surface area contributed by atoms with Gasteiger partial charge in [-0.1, -0.05) is 67.9 Å². The van der Waals surface area contributed by atoms with E-state index in [1.807, 2.05) is 23.7 Å². The van der Waals surface area contributed by atoms with Gasteiger partial charge in [0.25, 0.3) is 5.91 Å². The third-order valence-electron chi connectivity index (χ3n) is 5.05. The molecule has 158 valence electrons. The van der Waals surface area contributed by atoms with Crippen molar-refractivity contribution in [1.29, 1.82) is 0 Å². The molecule has 0 saturated carbocycles. The fourth-order valence-electron chi connectivity index (χ4n) is 2.99. The van der Waals surface area contributed by atoms with Gasteiger partial charge in [0.1, 0.15) is 6.04 Å². The smallest absolute Gasteiger partial charge is 0.328 e. The van der Waals surface area contributed by atoms with Crippen molar-refractivity contribution in [3.63, 3.8) is 0 Å². The number of rotatable bonds is 7. The van der Waals surface area contributed by atoms with Crippen molar-refractivity contribution in [3.05, 3.63) is 42.0 Å². The summed E-state index contributed by atoms with van der Waals surface area (Å²) >= 11 is 0. The van der Waals surface area contributed by atoms with Crippen molar-refractivity contribution in [1.82, 2.24) is 14.9 Å². The predicted molar refractivity (Wildman–Crippen MR) is 123 cm³/mol. The van der Waals surface area contributed by atoms with Crippen LogP contribution in [0.25, 0.3) is 0 Å². The van der Waals surface area contributed by atoms with Crippen LogP contribution >= 0.6 is 0 Å². The number of carbonyl (C=O) groups excluding carboxylic acids is 2. The third kappa shape index (κ3) is 5.89. The molecule has 1 atom stereocenters. The number of aromatic nitrogens is 2. The van der Waals surface area contributed by atoms with E-state index in [1.165, 1.54) is 17.5 Å². The summed E-state index contributed by atoms with van der Waals surface area (Å²) < 4.78 is 6.75. The van der Waals surface area contributed by atoms with E-state index in [9.17, 15) is 9.59 Å². The molecule has 0 aliphatic carbocycles. The van der Waals surface area contributed by atoms with Crippen LogP contribution in [0.15, 0.2) is 30.7 Å². The maximum atomic E-state index is 13.1. The Morgan fingerprint density at radius 1 is 1.07 bits per heavy atom. The zero-order chi connectivity index (χ0) is 22.0. The lowest BCUT2D eigenvalue weighted by Crippen LogP contribution is -2.47. The summed E-state index contributed by atoms with van der Waals surface area (Å²) in [6.07, 6.45) is 3.68. The molecule has 0 saturated heterocycles. The number of carbonyl (C=O) groups is 2. The second kappa shape index (κ2) is 8.66. The van der Waals surface area contributed by atoms with Crippen molar-refractivity contribution < 1.29 is 14.3 Å². The topological polar surface area (TPSA) is 73.2 Å². The van der Waals surface area contributed by atoms with Crippen molar-refractivity contribution >= 4 is 38.4 Å². The lowest BCUT2D eigenvalue weighted by molar-refractivity contribution is -0.142. The average Bonchev–Trinajstić information content (AvgIpc) is 3.03. The van der Waals surface area contributed by atoms with Crippen molar-refractivity contribution in [2.45, 2.75) is 51.7 Å². The molecule has 0 radical (unpaired) electrons. The number of aryl methyl sites for hydroxylation is 1. The molecule has 0 aliphatic rings. The maximum Gasteiger partial charge on any atom is 0.328 e. The largest absolute Gasteiger partial charge is 0.467 e. The van der Waals surface area contributed by atoms with Crippen molar-refractivity contribution in [3.8, 4) is 0 Å². The first-order chi connectivity index (χ1) is 13.3. The van der Waals surface area contributed by atoms with E-state index in [-0.39, 0.29) is 5.91 Å². The Morgan fingerprint density at radius 3 is 2.03 bits per heavy atom. The molecule has 0 bridgehead atoms. The van der Waals surface area contributed by atoms with Gasteiger partial charge < -0.3 is 14.6 Å². The van der Waals surface area contributed by atoms with Gasteiger partial charge in [-0.2, -0.15) is 0 Å². The summed E-state index contributed by atoms with van der Waals surface area (Å²) in [6.45, 7) is 13.7. The molecule has 0 spiro atoms. The van der Waals surface area contributed by atoms with Gasteiger partial charge in [0.2, 0.25) is 0 Å². The standard InChI is InChI=1S/C21H33N3O3Si2/c1-24-14-22-13-16(24)11-19(21(26)27-2)23-20(25)15-9-17(28(3,4)5)12-18(10-15)29(6,7)8/h9-10,12-14,19H,11H2,1-8H3,(H,23,25)/t19-/m0/s1. The zero-order valence-electron chi connectivity index (χ0n) is 18.8. The third-order valence-corrected chi connectivity index (χ3v) is 9.09. The molecule has 0 unspecified atom stereocenters. The number of amides is 1. The minimum absolute atomic E-state index is 0.248. The first-order valence-corrected chi connectivity index (χ1v) is 16.8. The molecule has 1 N–H and O–H groups in total. The minimum atomic E-state index is -1.61. The summed E-state index contributed by atoms with van der Waals surface area (Å²) in [5.74, 6) is -0.714. The average molecular weight is 432 g/mol. The van der Waals surface area contributed by atoms with Crippen LogP contribution in [-0.4, -0.2) is 50.7 Å². The lowest BCUT2D eigenvalue weighted by atomic mass is 10.1. The highest BCUT2D eigenvalue weighted by Crippen LogP contribution is 2.10. The predicted octanol–water partition coefficient (Wildman–Crippen LogP) is 2.02. The molecule has 6 nitrogen and oxygen atoms in total. The number of methoxy groups -OCH3 is 1. The summed E-state index contributed by atoms with van der Waals surface area (Å²) in [5, 5.41) is 5.39. The van der Waals surface area contributed by atoms with Crippen LogP contribution in [0.1, 0.15) is 16.1 Å². The van der Waals surface area contributed by atoms with Gasteiger partial charge in [0, 0.05) is 30.9 Å². The number of nitrogens with zero attached hydrogens (tertiary/aromatic N) is 2. The molecular weight excluding hydrogens is 398 g/mol. The number of benzene rings is 1. The van der Waals surface area contributed by atoms with Gasteiger partial charge in [-0.3, -0.25) is 4.79 Å². The molecule has 2 rings (SSSR count). The molecule has 1 aromatic heterocycles. The van der Waals surface area contributed by atoms with Gasteiger partial charge in [-0.25, -0.2) is 9.78 Å². The Hall–Kier alpha value is -2.20. The van der Waals surface area contributed by atoms with Gasteiger partial charge in [0.15, 0.2) is 0 Å². The number of esters is 1. The van der Waals surface area contributed by atoms with Crippen LogP contribution in [0.3, 0.4) is 0 Å². The summed E-state index contributed by atoms with van der Waals surface area (Å²) in [7, 11) is -0.0290. The highest BCUT2D eigenvalue weighted by atomic mass is 28.3. The molecule has 0 fully saturated rings. The number of ether oxygens (including phenoxy) is 1. The van der Waals surface area contributed by atoms with E-state index in [4.69, 9.17) is 4.74 Å². The van der Waals surface area contributed by atoms with Crippen LogP contribution in [0.4, 0.5) is 0 Å². The number of hydrogen-bond donors (Lipinski definition) is 1. The Bertz CT molecular complexity index is 863. The summed E-state index contributed by atoms with van der Waals surface area (Å²) in [5.41, 5.74) is 1.46. The molecule has 1 heterocycles. The molecule has 1 amide bonds. The van der Waals surface area contributed by atoms with E-state index in [0.29, 0.717) is 12.0 Å². The second-order valence-electron chi connectivity index (χ2n) is 9.55. The molecular formula is C21H33N3O3Si2. The van der Waals surface area contributed by atoms with Crippen molar-refractivity contribution in [2.24, 2.45) is 7.05 Å². The van der Waals surface area contributed by atoms with Gasteiger partial charge in [-0.15, -0.1) is 0 Å². The molecule has 1 aromatic carbocycles. The molecule has 0 aliphatic heterocycles. The van der Waals surface area contributed by atoms with E-state index in [0.717, 1.165) is 5.69 Å². The van der Waals surface area contributed by atoms with Crippen LogP contribution in [0.5, 0.6) is 0 Å². The second-order valence-corrected chi connectivity index (χ2v) is 19.7. The first kappa shape index (κ1) is 23.1. The quantitative estimate of drug-likeness (QED) is 0.538. The SMILES string of the molecule is COC(=O)[C@H](Cc1cncn1C)NC(=O)c1cc([Si](C)(C)C)cc([Si](C)(C)C)c1. The van der Waals surface area contributed by atoms with Gasteiger partial charge in [-0.05, 0) is 0 Å². The molecule has 8 heteroatoms. The lowest BCUT2D eigenvalue weighted by Gasteiger charge is -2.24. The van der Waals surface area contributed by atoms with Crippen LogP contribution in [0, 0.1) is 0 Å². The number of nitrogens with one attached hydrogen (secondary N) is 1. The Labute approximate surface area is 175 Å². The molecule has 29 heavy (non-hydrogen) atoms. The summed E-state index contributed by atoms with van der Waals surface area (Å²) in [6, 6.07) is 5.49. The Balaban J connectivity index is 2.38. The van der Waals surface area contributed by atoms with Crippen LogP contribution < -0.4 is 15.7 Å². The van der Waals surface area contributed by atoms with Gasteiger partial charge in [0.05, 0.1) is 29.6 Å². The number of hydrogen-bond acceptors (Lipinski definition) is 4. The Morgan fingerprint density at radius 2 is 1.62 bits per heavy atom. The van der Waals surface area contributed by atoms with Crippen molar-refractivity contribution in [2.75, 3.05) is 7.11 Å². The maximum absolute atomic E-state index is 13.1. The zero-order valence-corrected chi connectivity index (χ0v) is 20.8. The van der Waals surface area contributed by atoms with E-state index in [2.05, 4.69) is 55.6 Å². The molecule has 2 aromatic rings. The first-order valence-electron chi connectivity index (χ1n) is 9.83. The minimum Gasteiger partial charge on any atom is -0.467 e.